The molecule has 3 nitrogen and oxygen atoms in total. The van der Waals surface area contributed by atoms with Gasteiger partial charge in [0.05, 0.1) is 12.6 Å². The van der Waals surface area contributed by atoms with Gasteiger partial charge in [-0.3, -0.25) is 9.88 Å². The van der Waals surface area contributed by atoms with Crippen molar-refractivity contribution in [2.24, 2.45) is 0 Å². The molecule has 3 unspecified atom stereocenters. The van der Waals surface area contributed by atoms with Gasteiger partial charge in [0.25, 0.3) is 0 Å². The van der Waals surface area contributed by atoms with Gasteiger partial charge in [-0.25, -0.2) is 8.78 Å². The fourth-order valence-corrected chi connectivity index (χ4v) is 4.74. The molecule has 2 aliphatic rings. The summed E-state index contributed by atoms with van der Waals surface area (Å²) >= 11 is 0. The smallest absolute Gasteiger partial charge is 0.143 e. The number of fused-ring (bicyclic) bond motifs is 2. The second-order valence-electron chi connectivity index (χ2n) is 8.62. The van der Waals surface area contributed by atoms with E-state index in [9.17, 15) is 13.9 Å². The first-order chi connectivity index (χ1) is 13.8. The van der Waals surface area contributed by atoms with Crippen molar-refractivity contribution in [3.63, 3.8) is 0 Å². The van der Waals surface area contributed by atoms with Crippen molar-refractivity contribution in [3.05, 3.63) is 70.3 Å². The molecule has 1 aromatic carbocycles. The molecule has 0 radical (unpaired) electrons. The molecule has 29 heavy (non-hydrogen) atoms. The summed E-state index contributed by atoms with van der Waals surface area (Å²) in [5, 5.41) is 9.53. The van der Waals surface area contributed by atoms with E-state index in [1.54, 1.807) is 6.07 Å². The molecule has 154 valence electrons. The topological polar surface area (TPSA) is 36.4 Å². The van der Waals surface area contributed by atoms with E-state index in [0.717, 1.165) is 35.2 Å². The van der Waals surface area contributed by atoms with Gasteiger partial charge >= 0.3 is 0 Å². The van der Waals surface area contributed by atoms with Crippen molar-refractivity contribution in [3.8, 4) is 0 Å². The van der Waals surface area contributed by atoms with Gasteiger partial charge < -0.3 is 5.11 Å². The lowest BCUT2D eigenvalue weighted by Crippen LogP contribution is -2.48. The Labute approximate surface area is 171 Å². The maximum absolute atomic E-state index is 14.9. The van der Waals surface area contributed by atoms with Crippen LogP contribution in [0.15, 0.2) is 42.1 Å². The maximum atomic E-state index is 14.9. The molecule has 1 aliphatic carbocycles. The molecular weight excluding hydrogens is 370 g/mol. The van der Waals surface area contributed by atoms with E-state index in [-0.39, 0.29) is 24.4 Å². The minimum absolute atomic E-state index is 0.0854. The number of aliphatic hydroxyl groups is 1. The number of nitrogens with zero attached hydrogens (tertiary/aromatic N) is 2. The summed E-state index contributed by atoms with van der Waals surface area (Å²) in [7, 11) is 0. The minimum atomic E-state index is -1.70. The lowest BCUT2D eigenvalue weighted by Gasteiger charge is -2.44. The Bertz CT molecular complexity index is 936. The molecule has 0 amide bonds. The fourth-order valence-electron chi connectivity index (χ4n) is 4.74. The molecule has 4 rings (SSSR count). The predicted octanol–water partition coefficient (Wildman–Crippen LogP) is 4.65. The molecule has 1 aliphatic heterocycles. The molecule has 0 fully saturated rings. The van der Waals surface area contributed by atoms with Gasteiger partial charge in [-0.2, -0.15) is 0 Å². The Morgan fingerprint density at radius 1 is 1.28 bits per heavy atom. The Hall–Kier alpha value is -2.11. The number of aromatic nitrogens is 1. The highest BCUT2D eigenvalue weighted by molar-refractivity contribution is 5.79. The summed E-state index contributed by atoms with van der Waals surface area (Å²) in [6.45, 7) is 5.21. The van der Waals surface area contributed by atoms with Crippen molar-refractivity contribution < 1.29 is 13.9 Å². The van der Waals surface area contributed by atoms with E-state index in [4.69, 9.17) is 0 Å². The molecule has 5 heteroatoms. The highest BCUT2D eigenvalue weighted by Gasteiger charge is 2.41. The molecule has 0 saturated carbocycles. The zero-order chi connectivity index (χ0) is 20.8. The number of aryl methyl sites for hydroxylation is 1. The summed E-state index contributed by atoms with van der Waals surface area (Å²) < 4.78 is 28.7. The highest BCUT2D eigenvalue weighted by Crippen LogP contribution is 2.49. The molecule has 1 aromatic heterocycles. The summed E-state index contributed by atoms with van der Waals surface area (Å²) in [5.41, 5.74) is 4.89. The monoisotopic (exact) mass is 398 g/mol. The minimum Gasteiger partial charge on any atom is -0.393 e. The van der Waals surface area contributed by atoms with Crippen LogP contribution in [-0.2, 0) is 12.8 Å². The largest absolute Gasteiger partial charge is 0.393 e. The quantitative estimate of drug-likeness (QED) is 0.797. The molecule has 0 saturated heterocycles. The van der Waals surface area contributed by atoms with Crippen LogP contribution in [0.25, 0.3) is 5.57 Å². The molecular formula is C24H28F2N2O. The van der Waals surface area contributed by atoms with Crippen LogP contribution in [0.2, 0.25) is 0 Å². The number of halogens is 2. The lowest BCUT2D eigenvalue weighted by molar-refractivity contribution is 0.0193. The third-order valence-electron chi connectivity index (χ3n) is 6.26. The van der Waals surface area contributed by atoms with Crippen molar-refractivity contribution >= 4 is 5.57 Å². The summed E-state index contributed by atoms with van der Waals surface area (Å²) in [6, 6.07) is 9.05. The maximum Gasteiger partial charge on any atom is 0.143 e. The molecule has 1 N–H and O–H groups in total. The Balaban J connectivity index is 1.80. The van der Waals surface area contributed by atoms with Crippen LogP contribution in [0.5, 0.6) is 0 Å². The van der Waals surface area contributed by atoms with Crippen LogP contribution in [0.4, 0.5) is 8.78 Å². The van der Waals surface area contributed by atoms with Crippen LogP contribution in [0.3, 0.4) is 0 Å². The van der Waals surface area contributed by atoms with E-state index in [0.29, 0.717) is 6.42 Å². The molecule has 3 atom stereocenters. The van der Waals surface area contributed by atoms with E-state index >= 15 is 0 Å². The van der Waals surface area contributed by atoms with Crippen LogP contribution >= 0.6 is 0 Å². The van der Waals surface area contributed by atoms with Gasteiger partial charge in [0.15, 0.2) is 0 Å². The number of rotatable bonds is 5. The number of hydrogen-bond acceptors (Lipinski definition) is 3. The number of hydrogen-bond donors (Lipinski definition) is 1. The van der Waals surface area contributed by atoms with Crippen LogP contribution in [0, 0.1) is 5.82 Å². The molecule has 2 heterocycles. The average Bonchev–Trinajstić information content (AvgIpc) is 3.05. The zero-order valence-electron chi connectivity index (χ0n) is 17.3. The Kier molecular flexibility index (Phi) is 5.30. The SMILES string of the molecule is CCc1ccc(C2C3=C(CC(C)N2CC(C)(F)CO)c2ccc(F)cc2C3)cn1. The van der Waals surface area contributed by atoms with Crippen molar-refractivity contribution in [1.29, 1.82) is 0 Å². The third kappa shape index (κ3) is 3.74. The number of pyridine rings is 1. The number of alkyl halides is 1. The standard InChI is InChI=1S/C24H28F2N2O/c1-4-19-7-5-16(12-27-19)23-22-11-17-10-18(25)6-8-20(17)21(22)9-15(2)28(23)13-24(3,26)14-29/h5-8,10,12,15,23,29H,4,9,11,13-14H2,1-3H3. The van der Waals surface area contributed by atoms with E-state index in [1.165, 1.54) is 24.1 Å². The van der Waals surface area contributed by atoms with Gasteiger partial charge in [0, 0.05) is 24.5 Å². The van der Waals surface area contributed by atoms with Gasteiger partial charge in [0.1, 0.15) is 11.5 Å². The van der Waals surface area contributed by atoms with E-state index < -0.39 is 12.3 Å². The van der Waals surface area contributed by atoms with E-state index in [2.05, 4.69) is 29.8 Å². The van der Waals surface area contributed by atoms with Crippen LogP contribution < -0.4 is 0 Å². The van der Waals surface area contributed by atoms with Crippen LogP contribution in [-0.4, -0.2) is 39.9 Å². The molecule has 2 aromatic rings. The van der Waals surface area contributed by atoms with Gasteiger partial charge in [0.2, 0.25) is 0 Å². The predicted molar refractivity (Wildman–Crippen MR) is 111 cm³/mol. The Morgan fingerprint density at radius 3 is 2.72 bits per heavy atom. The summed E-state index contributed by atoms with van der Waals surface area (Å²) in [4.78, 5) is 6.71. The second kappa shape index (κ2) is 7.62. The lowest BCUT2D eigenvalue weighted by atomic mass is 9.85. The number of aliphatic hydroxyl groups excluding tert-OH is 1. The van der Waals surface area contributed by atoms with Gasteiger partial charge in [-0.05, 0) is 79.1 Å². The first kappa shape index (κ1) is 20.2. The molecule has 0 spiro atoms. The number of benzene rings is 1. The van der Waals surface area contributed by atoms with Crippen molar-refractivity contribution in [2.75, 3.05) is 13.2 Å². The summed E-state index contributed by atoms with van der Waals surface area (Å²) in [5.74, 6) is -0.226. The summed E-state index contributed by atoms with van der Waals surface area (Å²) in [6.07, 6.45) is 4.19. The third-order valence-corrected chi connectivity index (χ3v) is 6.26. The first-order valence-corrected chi connectivity index (χ1v) is 10.3. The second-order valence-corrected chi connectivity index (χ2v) is 8.62. The van der Waals surface area contributed by atoms with E-state index in [1.807, 2.05) is 18.3 Å². The van der Waals surface area contributed by atoms with Crippen molar-refractivity contribution in [2.45, 2.75) is 57.8 Å². The van der Waals surface area contributed by atoms with Gasteiger partial charge in [-0.15, -0.1) is 0 Å². The highest BCUT2D eigenvalue weighted by atomic mass is 19.1. The van der Waals surface area contributed by atoms with Gasteiger partial charge in [-0.1, -0.05) is 19.1 Å². The molecule has 0 bridgehead atoms. The Morgan fingerprint density at radius 2 is 2.07 bits per heavy atom. The van der Waals surface area contributed by atoms with Crippen molar-refractivity contribution in [1.82, 2.24) is 9.88 Å². The zero-order valence-corrected chi connectivity index (χ0v) is 17.3. The average molecular weight is 398 g/mol. The fraction of sp³-hybridized carbons (Fsp3) is 0.458. The first-order valence-electron chi connectivity index (χ1n) is 10.3. The normalized spacial score (nSPS) is 23.7. The van der Waals surface area contributed by atoms with Crippen LogP contribution in [0.1, 0.15) is 55.6 Å².